The summed E-state index contributed by atoms with van der Waals surface area (Å²) in [6.07, 6.45) is 0.874. The van der Waals surface area contributed by atoms with Crippen LogP contribution in [-0.2, 0) is 13.2 Å². The van der Waals surface area contributed by atoms with Gasteiger partial charge >= 0.3 is 0 Å². The minimum Gasteiger partial charge on any atom is -0.390 e. The van der Waals surface area contributed by atoms with Gasteiger partial charge in [-0.25, -0.2) is 4.68 Å². The van der Waals surface area contributed by atoms with Crippen molar-refractivity contribution in [2.24, 2.45) is 5.41 Å². The van der Waals surface area contributed by atoms with Crippen LogP contribution in [0.15, 0.2) is 0 Å². The molecule has 0 atom stereocenters. The van der Waals surface area contributed by atoms with Crippen molar-refractivity contribution in [2.75, 3.05) is 0 Å². The summed E-state index contributed by atoms with van der Waals surface area (Å²) in [4.78, 5) is 12.2. The fourth-order valence-electron chi connectivity index (χ4n) is 1.43. The molecule has 0 aliphatic rings. The van der Waals surface area contributed by atoms with E-state index in [-0.39, 0.29) is 12.4 Å². The van der Waals surface area contributed by atoms with Crippen LogP contribution in [0, 0.1) is 5.41 Å². The highest BCUT2D eigenvalue weighted by atomic mass is 16.3. The van der Waals surface area contributed by atoms with E-state index in [9.17, 15) is 4.79 Å². The number of nitrogens with zero attached hydrogens (tertiary/aromatic N) is 3. The van der Waals surface area contributed by atoms with Gasteiger partial charge in [0.25, 0.3) is 0 Å². The Kier molecular flexibility index (Phi) is 3.80. The van der Waals surface area contributed by atoms with Gasteiger partial charge in [-0.3, -0.25) is 4.79 Å². The predicted molar refractivity (Wildman–Crippen MR) is 60.0 cm³/mol. The van der Waals surface area contributed by atoms with E-state index in [0.29, 0.717) is 17.9 Å². The first-order chi connectivity index (χ1) is 7.41. The first-order valence-corrected chi connectivity index (χ1v) is 5.49. The molecule has 1 N–H and O–H groups in total. The van der Waals surface area contributed by atoms with Crippen LogP contribution < -0.4 is 0 Å². The van der Waals surface area contributed by atoms with E-state index >= 15 is 0 Å². The third-order valence-corrected chi connectivity index (χ3v) is 2.29. The van der Waals surface area contributed by atoms with Crippen LogP contribution in [0.5, 0.6) is 0 Å². The van der Waals surface area contributed by atoms with E-state index in [1.165, 1.54) is 0 Å². The van der Waals surface area contributed by atoms with Crippen LogP contribution in [0.3, 0.4) is 0 Å². The summed E-state index contributed by atoms with van der Waals surface area (Å²) in [5, 5.41) is 16.9. The second-order valence-corrected chi connectivity index (χ2v) is 4.85. The highest BCUT2D eigenvalue weighted by Gasteiger charge is 2.29. The predicted octanol–water partition coefficient (Wildman–Crippen LogP) is 1.41. The number of hydrogen-bond acceptors (Lipinski definition) is 4. The summed E-state index contributed by atoms with van der Waals surface area (Å²) in [5.74, 6) is -0.0324. The van der Waals surface area contributed by atoms with Crippen LogP contribution in [0.2, 0.25) is 0 Å². The molecule has 90 valence electrons. The monoisotopic (exact) mass is 225 g/mol. The zero-order chi connectivity index (χ0) is 12.3. The molecule has 0 amide bonds. The lowest BCUT2D eigenvalue weighted by molar-refractivity contribution is 0.0843. The van der Waals surface area contributed by atoms with E-state index in [2.05, 4.69) is 10.3 Å². The molecule has 0 aliphatic heterocycles. The third kappa shape index (κ3) is 2.47. The normalized spacial score (nSPS) is 11.8. The molecule has 5 heteroatoms. The van der Waals surface area contributed by atoms with Gasteiger partial charge in [-0.05, 0) is 6.42 Å². The maximum Gasteiger partial charge on any atom is 0.188 e. The molecule has 5 nitrogen and oxygen atoms in total. The summed E-state index contributed by atoms with van der Waals surface area (Å²) >= 11 is 0. The molecular weight excluding hydrogens is 206 g/mol. The molecular formula is C11H19N3O2. The van der Waals surface area contributed by atoms with Crippen molar-refractivity contribution in [3.05, 3.63) is 11.4 Å². The summed E-state index contributed by atoms with van der Waals surface area (Å²) in [7, 11) is 0. The van der Waals surface area contributed by atoms with Gasteiger partial charge in [0.1, 0.15) is 11.4 Å². The number of carbonyl (C=O) groups is 1. The topological polar surface area (TPSA) is 68.0 Å². The first-order valence-electron chi connectivity index (χ1n) is 5.49. The van der Waals surface area contributed by atoms with Gasteiger partial charge in [0.2, 0.25) is 0 Å². The van der Waals surface area contributed by atoms with Gasteiger partial charge in [0.15, 0.2) is 5.78 Å². The Morgan fingerprint density at radius 1 is 1.44 bits per heavy atom. The molecule has 0 fully saturated rings. The van der Waals surface area contributed by atoms with Crippen molar-refractivity contribution in [1.82, 2.24) is 15.0 Å². The van der Waals surface area contributed by atoms with Crippen molar-refractivity contribution in [3.8, 4) is 0 Å². The minimum atomic E-state index is -0.489. The Balaban J connectivity index is 3.18. The smallest absolute Gasteiger partial charge is 0.188 e. The highest BCUT2D eigenvalue weighted by molar-refractivity contribution is 5.99. The summed E-state index contributed by atoms with van der Waals surface area (Å²) in [5.41, 5.74) is 0.321. The van der Waals surface area contributed by atoms with Crippen molar-refractivity contribution in [1.29, 1.82) is 0 Å². The van der Waals surface area contributed by atoms with E-state index in [4.69, 9.17) is 5.11 Å². The molecule has 0 spiro atoms. The molecule has 0 unspecified atom stereocenters. The summed E-state index contributed by atoms with van der Waals surface area (Å²) in [6, 6.07) is 0. The van der Waals surface area contributed by atoms with E-state index in [1.54, 1.807) is 4.68 Å². The zero-order valence-electron chi connectivity index (χ0n) is 10.3. The Morgan fingerprint density at radius 3 is 2.50 bits per heavy atom. The SMILES string of the molecule is CCCn1nnc(CO)c1C(=O)C(C)(C)C. The van der Waals surface area contributed by atoms with Crippen LogP contribution in [0.4, 0.5) is 0 Å². The number of rotatable bonds is 4. The molecule has 0 saturated carbocycles. The van der Waals surface area contributed by atoms with Crippen molar-refractivity contribution >= 4 is 5.78 Å². The molecule has 0 aliphatic carbocycles. The Hall–Kier alpha value is -1.23. The van der Waals surface area contributed by atoms with Crippen molar-refractivity contribution < 1.29 is 9.90 Å². The Labute approximate surface area is 95.5 Å². The lowest BCUT2D eigenvalue weighted by atomic mass is 9.88. The maximum atomic E-state index is 12.2. The lowest BCUT2D eigenvalue weighted by Gasteiger charge is -2.17. The second-order valence-electron chi connectivity index (χ2n) is 4.85. The largest absolute Gasteiger partial charge is 0.390 e. The van der Waals surface area contributed by atoms with E-state index in [0.717, 1.165) is 6.42 Å². The average Bonchev–Trinajstić information content (AvgIpc) is 2.58. The van der Waals surface area contributed by atoms with Crippen molar-refractivity contribution in [2.45, 2.75) is 47.3 Å². The van der Waals surface area contributed by atoms with Crippen molar-refractivity contribution in [3.63, 3.8) is 0 Å². The van der Waals surface area contributed by atoms with Crippen LogP contribution in [0.25, 0.3) is 0 Å². The van der Waals surface area contributed by atoms with Gasteiger partial charge in [-0.1, -0.05) is 32.9 Å². The molecule has 1 aromatic heterocycles. The van der Waals surface area contributed by atoms with E-state index in [1.807, 2.05) is 27.7 Å². The number of aromatic nitrogens is 3. The summed E-state index contributed by atoms with van der Waals surface area (Å²) in [6.45, 7) is 7.94. The van der Waals surface area contributed by atoms with Crippen LogP contribution in [-0.4, -0.2) is 25.9 Å². The van der Waals surface area contributed by atoms with Gasteiger partial charge in [0, 0.05) is 12.0 Å². The third-order valence-electron chi connectivity index (χ3n) is 2.29. The number of aryl methyl sites for hydroxylation is 1. The number of aliphatic hydroxyl groups excluding tert-OH is 1. The summed E-state index contributed by atoms with van der Waals surface area (Å²) < 4.78 is 1.58. The number of carbonyl (C=O) groups excluding carboxylic acids is 1. The standard InChI is InChI=1S/C11H19N3O2/c1-5-6-14-9(8(7-15)12-13-14)10(16)11(2,3)4/h15H,5-7H2,1-4H3. The number of aliphatic hydroxyl groups is 1. The Morgan fingerprint density at radius 2 is 2.06 bits per heavy atom. The fraction of sp³-hybridized carbons (Fsp3) is 0.727. The van der Waals surface area contributed by atoms with Gasteiger partial charge in [-0.2, -0.15) is 0 Å². The number of Topliss-reactive ketones (excluding diaryl/α,β-unsaturated/α-hetero) is 1. The molecule has 16 heavy (non-hydrogen) atoms. The minimum absolute atomic E-state index is 0.0324. The van der Waals surface area contributed by atoms with Crippen LogP contribution >= 0.6 is 0 Å². The maximum absolute atomic E-state index is 12.2. The number of ketones is 1. The van der Waals surface area contributed by atoms with E-state index < -0.39 is 5.41 Å². The number of hydrogen-bond donors (Lipinski definition) is 1. The molecule has 0 saturated heterocycles. The molecule has 0 bridgehead atoms. The average molecular weight is 225 g/mol. The van der Waals surface area contributed by atoms with Gasteiger partial charge in [0.05, 0.1) is 6.61 Å². The lowest BCUT2D eigenvalue weighted by Crippen LogP contribution is -2.25. The molecule has 1 aromatic rings. The van der Waals surface area contributed by atoms with Gasteiger partial charge < -0.3 is 5.11 Å². The van der Waals surface area contributed by atoms with Crippen LogP contribution in [0.1, 0.15) is 50.3 Å². The second kappa shape index (κ2) is 4.74. The van der Waals surface area contributed by atoms with Gasteiger partial charge in [-0.15, -0.1) is 5.10 Å². The quantitative estimate of drug-likeness (QED) is 0.787. The Bertz CT molecular complexity index is 377. The molecule has 1 rings (SSSR count). The molecule has 0 aromatic carbocycles. The molecule has 0 radical (unpaired) electrons. The fourth-order valence-corrected chi connectivity index (χ4v) is 1.43. The zero-order valence-corrected chi connectivity index (χ0v) is 10.3. The first kappa shape index (κ1) is 12.8. The molecule has 1 heterocycles. The highest BCUT2D eigenvalue weighted by Crippen LogP contribution is 2.22.